The Morgan fingerprint density at radius 1 is 1.19 bits per heavy atom. The largest absolute Gasteiger partial charge is 0.497 e. The van der Waals surface area contributed by atoms with Crippen molar-refractivity contribution in [2.24, 2.45) is 0 Å². The predicted octanol–water partition coefficient (Wildman–Crippen LogP) is 2.89. The van der Waals surface area contributed by atoms with Crippen molar-refractivity contribution in [3.8, 4) is 5.75 Å². The van der Waals surface area contributed by atoms with Crippen LogP contribution in [0.2, 0.25) is 0 Å². The van der Waals surface area contributed by atoms with Crippen LogP contribution >= 0.6 is 0 Å². The molecule has 0 saturated heterocycles. The molecule has 0 bridgehead atoms. The molecule has 6 heteroatoms. The zero-order valence-corrected chi connectivity index (χ0v) is 15.5. The molecule has 0 fully saturated rings. The molecule has 1 N–H and O–H groups in total. The number of methoxy groups -OCH3 is 1. The first-order chi connectivity index (χ1) is 12.5. The summed E-state index contributed by atoms with van der Waals surface area (Å²) in [5.74, 6) is 0.344. The molecule has 2 rings (SSSR count). The van der Waals surface area contributed by atoms with Gasteiger partial charge in [-0.1, -0.05) is 25.5 Å². The van der Waals surface area contributed by atoms with Gasteiger partial charge in [-0.05, 0) is 36.2 Å². The van der Waals surface area contributed by atoms with E-state index >= 15 is 0 Å². The van der Waals surface area contributed by atoms with Crippen LogP contribution in [0.3, 0.4) is 0 Å². The Kier molecular flexibility index (Phi) is 7.14. The van der Waals surface area contributed by atoms with Crippen molar-refractivity contribution in [1.29, 1.82) is 0 Å². The van der Waals surface area contributed by atoms with Gasteiger partial charge in [-0.25, -0.2) is 0 Å². The minimum Gasteiger partial charge on any atom is -0.497 e. The van der Waals surface area contributed by atoms with Crippen molar-refractivity contribution < 1.29 is 14.3 Å². The van der Waals surface area contributed by atoms with E-state index in [4.69, 9.17) is 4.74 Å². The lowest BCUT2D eigenvalue weighted by Gasteiger charge is -2.16. The molecule has 0 atom stereocenters. The fourth-order valence-corrected chi connectivity index (χ4v) is 2.42. The molecule has 2 amide bonds. The molecular weight excluding hydrogens is 330 g/mol. The molecule has 1 aromatic heterocycles. The van der Waals surface area contributed by atoms with E-state index in [1.165, 1.54) is 12.3 Å². The zero-order valence-electron chi connectivity index (χ0n) is 15.5. The second-order valence-electron chi connectivity index (χ2n) is 6.04. The Labute approximate surface area is 154 Å². The van der Waals surface area contributed by atoms with E-state index < -0.39 is 0 Å². The minimum atomic E-state index is -0.313. The number of amides is 2. The molecular formula is C20H25N3O3. The van der Waals surface area contributed by atoms with Crippen LogP contribution in [-0.2, 0) is 6.54 Å². The average Bonchev–Trinajstić information content (AvgIpc) is 2.70. The van der Waals surface area contributed by atoms with Gasteiger partial charge in [-0.15, -0.1) is 0 Å². The normalized spacial score (nSPS) is 10.3. The fourth-order valence-electron chi connectivity index (χ4n) is 2.42. The monoisotopic (exact) mass is 355 g/mol. The maximum atomic E-state index is 12.4. The molecule has 2 aromatic rings. The van der Waals surface area contributed by atoms with E-state index in [2.05, 4.69) is 17.2 Å². The summed E-state index contributed by atoms with van der Waals surface area (Å²) in [6.45, 7) is 3.14. The number of aromatic nitrogens is 1. The molecule has 0 aliphatic rings. The Morgan fingerprint density at radius 3 is 2.58 bits per heavy atom. The summed E-state index contributed by atoms with van der Waals surface area (Å²) in [7, 11) is 3.37. The summed E-state index contributed by atoms with van der Waals surface area (Å²) in [4.78, 5) is 30.5. The second-order valence-corrected chi connectivity index (χ2v) is 6.04. The maximum Gasteiger partial charge on any atom is 0.270 e. The van der Waals surface area contributed by atoms with Crippen molar-refractivity contribution in [3.63, 3.8) is 0 Å². The number of rotatable bonds is 8. The van der Waals surface area contributed by atoms with Gasteiger partial charge in [-0.3, -0.25) is 14.6 Å². The highest BCUT2D eigenvalue weighted by atomic mass is 16.5. The lowest BCUT2D eigenvalue weighted by Crippen LogP contribution is -2.29. The van der Waals surface area contributed by atoms with Gasteiger partial charge in [0.05, 0.1) is 7.11 Å². The molecule has 0 aliphatic heterocycles. The molecule has 0 unspecified atom stereocenters. The number of hydrogen-bond acceptors (Lipinski definition) is 4. The Balaban J connectivity index is 1.99. The van der Waals surface area contributed by atoms with E-state index in [1.807, 2.05) is 24.3 Å². The van der Waals surface area contributed by atoms with Crippen molar-refractivity contribution in [2.45, 2.75) is 26.3 Å². The van der Waals surface area contributed by atoms with Crippen LogP contribution in [0, 0.1) is 0 Å². The van der Waals surface area contributed by atoms with Gasteiger partial charge in [0, 0.05) is 31.9 Å². The number of ether oxygens (including phenoxy) is 1. The zero-order chi connectivity index (χ0) is 18.9. The lowest BCUT2D eigenvalue weighted by molar-refractivity contribution is 0.0793. The Morgan fingerprint density at radius 2 is 1.92 bits per heavy atom. The SMILES string of the molecule is CCCCN(C)C(=O)c1ccnc(C(=O)NCc2ccc(OC)cc2)c1. The number of carbonyl (C=O) groups excluding carboxylic acids is 2. The quantitative estimate of drug-likeness (QED) is 0.790. The van der Waals surface area contributed by atoms with Gasteiger partial charge in [0.1, 0.15) is 11.4 Å². The molecule has 138 valence electrons. The molecule has 6 nitrogen and oxygen atoms in total. The number of pyridine rings is 1. The van der Waals surface area contributed by atoms with Crippen LogP contribution in [-0.4, -0.2) is 42.4 Å². The van der Waals surface area contributed by atoms with Crippen LogP contribution in [0.25, 0.3) is 0 Å². The molecule has 26 heavy (non-hydrogen) atoms. The van der Waals surface area contributed by atoms with E-state index in [9.17, 15) is 9.59 Å². The molecule has 0 saturated carbocycles. The smallest absolute Gasteiger partial charge is 0.270 e. The molecule has 0 spiro atoms. The third-order valence-corrected chi connectivity index (χ3v) is 4.05. The average molecular weight is 355 g/mol. The summed E-state index contributed by atoms with van der Waals surface area (Å²) in [5.41, 5.74) is 1.65. The van der Waals surface area contributed by atoms with Gasteiger partial charge in [0.25, 0.3) is 11.8 Å². The van der Waals surface area contributed by atoms with E-state index in [1.54, 1.807) is 25.1 Å². The van der Waals surface area contributed by atoms with Gasteiger partial charge in [-0.2, -0.15) is 0 Å². The first-order valence-electron chi connectivity index (χ1n) is 8.67. The fraction of sp³-hybridized carbons (Fsp3) is 0.350. The Bertz CT molecular complexity index is 744. The highest BCUT2D eigenvalue weighted by Crippen LogP contribution is 2.11. The van der Waals surface area contributed by atoms with Gasteiger partial charge in [0.15, 0.2) is 0 Å². The van der Waals surface area contributed by atoms with Crippen LogP contribution in [0.1, 0.15) is 46.2 Å². The highest BCUT2D eigenvalue weighted by Gasteiger charge is 2.14. The van der Waals surface area contributed by atoms with E-state index in [0.29, 0.717) is 18.7 Å². The van der Waals surface area contributed by atoms with Crippen molar-refractivity contribution in [1.82, 2.24) is 15.2 Å². The highest BCUT2D eigenvalue weighted by molar-refractivity contribution is 5.98. The summed E-state index contributed by atoms with van der Waals surface area (Å²) in [6, 6.07) is 10.6. The summed E-state index contributed by atoms with van der Waals surface area (Å²) >= 11 is 0. The molecule has 0 aliphatic carbocycles. The van der Waals surface area contributed by atoms with Gasteiger partial charge >= 0.3 is 0 Å². The van der Waals surface area contributed by atoms with Crippen molar-refractivity contribution in [3.05, 3.63) is 59.4 Å². The number of carbonyl (C=O) groups is 2. The van der Waals surface area contributed by atoms with Crippen LogP contribution in [0.15, 0.2) is 42.6 Å². The standard InChI is InChI=1S/C20H25N3O3/c1-4-5-12-23(2)20(25)16-10-11-21-18(13-16)19(24)22-14-15-6-8-17(26-3)9-7-15/h6-11,13H,4-5,12,14H2,1-3H3,(H,22,24). The van der Waals surface area contributed by atoms with Gasteiger partial charge in [0.2, 0.25) is 0 Å². The lowest BCUT2D eigenvalue weighted by atomic mass is 10.2. The van der Waals surface area contributed by atoms with Crippen LogP contribution in [0.4, 0.5) is 0 Å². The van der Waals surface area contributed by atoms with Gasteiger partial charge < -0.3 is 15.0 Å². The third-order valence-electron chi connectivity index (χ3n) is 4.05. The Hall–Kier alpha value is -2.89. The minimum absolute atomic E-state index is 0.106. The van der Waals surface area contributed by atoms with Crippen LogP contribution < -0.4 is 10.1 Å². The van der Waals surface area contributed by atoms with Crippen molar-refractivity contribution in [2.75, 3.05) is 20.7 Å². The number of nitrogens with zero attached hydrogens (tertiary/aromatic N) is 2. The first kappa shape index (κ1) is 19.4. The second kappa shape index (κ2) is 9.56. The number of hydrogen-bond donors (Lipinski definition) is 1. The molecule has 1 aromatic carbocycles. The van der Waals surface area contributed by atoms with Crippen molar-refractivity contribution >= 4 is 11.8 Å². The number of benzene rings is 1. The summed E-state index contributed by atoms with van der Waals surface area (Å²) < 4.78 is 5.11. The molecule has 0 radical (unpaired) electrons. The summed E-state index contributed by atoms with van der Waals surface area (Å²) in [5, 5.41) is 2.82. The predicted molar refractivity (Wildman–Crippen MR) is 100 cm³/mol. The number of nitrogens with one attached hydrogen (secondary N) is 1. The van der Waals surface area contributed by atoms with E-state index in [0.717, 1.165) is 24.2 Å². The summed E-state index contributed by atoms with van der Waals surface area (Å²) in [6.07, 6.45) is 3.46. The maximum absolute atomic E-state index is 12.4. The first-order valence-corrected chi connectivity index (χ1v) is 8.67. The van der Waals surface area contributed by atoms with E-state index in [-0.39, 0.29) is 17.5 Å². The number of unbranched alkanes of at least 4 members (excludes halogenated alkanes) is 1. The molecule has 1 heterocycles. The third kappa shape index (κ3) is 5.31. The van der Waals surface area contributed by atoms with Crippen LogP contribution in [0.5, 0.6) is 5.75 Å². The topological polar surface area (TPSA) is 71.5 Å².